The van der Waals surface area contributed by atoms with Crippen LogP contribution in [0.5, 0.6) is 0 Å². The summed E-state index contributed by atoms with van der Waals surface area (Å²) in [6, 6.07) is 21.9. The molecule has 3 aromatic rings. The third-order valence-electron chi connectivity index (χ3n) is 4.40. The standard InChI is InChI=1S/C21H18N4O2/c26-20(16-7-3-1-4-8-16)23-17-11-12-19(22-15-17)25-14-13-24(21(25)27)18-9-5-2-6-10-18/h1-12,15H,13-14H2,(H,23,26). The molecule has 1 aliphatic heterocycles. The van der Waals surface area contributed by atoms with Crippen molar-refractivity contribution in [2.75, 3.05) is 28.2 Å². The molecule has 1 saturated heterocycles. The van der Waals surface area contributed by atoms with Gasteiger partial charge in [-0.25, -0.2) is 9.78 Å². The van der Waals surface area contributed by atoms with E-state index >= 15 is 0 Å². The first-order valence-corrected chi connectivity index (χ1v) is 8.69. The summed E-state index contributed by atoms with van der Waals surface area (Å²) in [5.74, 6) is 0.369. The fourth-order valence-corrected chi connectivity index (χ4v) is 3.01. The Morgan fingerprint density at radius 1 is 0.852 bits per heavy atom. The highest BCUT2D eigenvalue weighted by atomic mass is 16.2. The number of carbonyl (C=O) groups excluding carboxylic acids is 2. The van der Waals surface area contributed by atoms with Gasteiger partial charge in [-0.15, -0.1) is 0 Å². The quantitative estimate of drug-likeness (QED) is 0.772. The van der Waals surface area contributed by atoms with Gasteiger partial charge in [0.1, 0.15) is 5.82 Å². The summed E-state index contributed by atoms with van der Waals surface area (Å²) in [4.78, 5) is 32.6. The van der Waals surface area contributed by atoms with E-state index in [4.69, 9.17) is 0 Å². The van der Waals surface area contributed by atoms with Crippen molar-refractivity contribution < 1.29 is 9.59 Å². The molecule has 2 aromatic carbocycles. The van der Waals surface area contributed by atoms with Gasteiger partial charge < -0.3 is 5.32 Å². The second kappa shape index (κ2) is 7.29. The van der Waals surface area contributed by atoms with Crippen LogP contribution < -0.4 is 15.1 Å². The Morgan fingerprint density at radius 2 is 1.52 bits per heavy atom. The van der Waals surface area contributed by atoms with Gasteiger partial charge in [0.05, 0.1) is 11.9 Å². The number of carbonyl (C=O) groups is 2. The lowest BCUT2D eigenvalue weighted by atomic mass is 10.2. The van der Waals surface area contributed by atoms with Crippen molar-refractivity contribution in [1.82, 2.24) is 4.98 Å². The summed E-state index contributed by atoms with van der Waals surface area (Å²) >= 11 is 0. The molecule has 0 aliphatic carbocycles. The molecular weight excluding hydrogens is 340 g/mol. The topological polar surface area (TPSA) is 65.5 Å². The van der Waals surface area contributed by atoms with Crippen LogP contribution in [-0.4, -0.2) is 30.0 Å². The van der Waals surface area contributed by atoms with Gasteiger partial charge in [0.25, 0.3) is 5.91 Å². The first-order valence-electron chi connectivity index (χ1n) is 8.69. The Balaban J connectivity index is 1.45. The Kier molecular flexibility index (Phi) is 4.53. The molecule has 0 saturated carbocycles. The van der Waals surface area contributed by atoms with Crippen LogP contribution in [0.2, 0.25) is 0 Å². The van der Waals surface area contributed by atoms with E-state index in [0.29, 0.717) is 30.2 Å². The van der Waals surface area contributed by atoms with Crippen LogP contribution in [0, 0.1) is 0 Å². The van der Waals surface area contributed by atoms with Crippen molar-refractivity contribution in [2.45, 2.75) is 0 Å². The largest absolute Gasteiger partial charge is 0.330 e. The number of amides is 3. The Hall–Kier alpha value is -3.67. The maximum atomic E-state index is 12.7. The highest BCUT2D eigenvalue weighted by Gasteiger charge is 2.31. The molecule has 4 rings (SSSR count). The van der Waals surface area contributed by atoms with Gasteiger partial charge in [-0.2, -0.15) is 0 Å². The molecule has 1 aliphatic rings. The van der Waals surface area contributed by atoms with Crippen molar-refractivity contribution >= 4 is 29.1 Å². The van der Waals surface area contributed by atoms with Crippen LogP contribution >= 0.6 is 0 Å². The fraction of sp³-hybridized carbons (Fsp3) is 0.0952. The van der Waals surface area contributed by atoms with Crippen molar-refractivity contribution in [2.24, 2.45) is 0 Å². The summed E-state index contributed by atoms with van der Waals surface area (Å²) in [6.45, 7) is 1.17. The van der Waals surface area contributed by atoms with Gasteiger partial charge in [-0.3, -0.25) is 14.6 Å². The van der Waals surface area contributed by atoms with Crippen molar-refractivity contribution in [3.63, 3.8) is 0 Å². The van der Waals surface area contributed by atoms with E-state index in [9.17, 15) is 9.59 Å². The molecule has 6 heteroatoms. The molecule has 6 nitrogen and oxygen atoms in total. The van der Waals surface area contributed by atoms with Crippen molar-refractivity contribution in [3.8, 4) is 0 Å². The monoisotopic (exact) mass is 358 g/mol. The van der Waals surface area contributed by atoms with E-state index in [1.807, 2.05) is 48.5 Å². The van der Waals surface area contributed by atoms with Crippen LogP contribution in [0.4, 0.5) is 22.0 Å². The van der Waals surface area contributed by atoms with E-state index in [2.05, 4.69) is 10.3 Å². The first kappa shape index (κ1) is 16.8. The number of nitrogens with one attached hydrogen (secondary N) is 1. The van der Waals surface area contributed by atoms with Crippen molar-refractivity contribution in [3.05, 3.63) is 84.6 Å². The Bertz CT molecular complexity index is 943. The smallest absolute Gasteiger partial charge is 0.321 e. The summed E-state index contributed by atoms with van der Waals surface area (Å²) in [5, 5.41) is 2.81. The van der Waals surface area contributed by atoms with E-state index in [0.717, 1.165) is 5.69 Å². The Morgan fingerprint density at radius 3 is 2.19 bits per heavy atom. The average Bonchev–Trinajstić information content (AvgIpc) is 3.11. The predicted molar refractivity (Wildman–Crippen MR) is 105 cm³/mol. The normalized spacial score (nSPS) is 13.7. The molecule has 0 bridgehead atoms. The molecule has 0 radical (unpaired) electrons. The number of urea groups is 1. The van der Waals surface area contributed by atoms with Gasteiger partial charge >= 0.3 is 6.03 Å². The highest BCUT2D eigenvalue weighted by Crippen LogP contribution is 2.24. The second-order valence-corrected chi connectivity index (χ2v) is 6.15. The fourth-order valence-electron chi connectivity index (χ4n) is 3.01. The number of aromatic nitrogens is 1. The minimum atomic E-state index is -0.197. The van der Waals surface area contributed by atoms with E-state index in [1.165, 1.54) is 0 Å². The lowest BCUT2D eigenvalue weighted by Gasteiger charge is -2.18. The van der Waals surface area contributed by atoms with Crippen molar-refractivity contribution in [1.29, 1.82) is 0 Å². The van der Waals surface area contributed by atoms with E-state index in [-0.39, 0.29) is 11.9 Å². The molecule has 0 unspecified atom stereocenters. The number of rotatable bonds is 4. The van der Waals surface area contributed by atoms with Gasteiger partial charge in [0.15, 0.2) is 0 Å². The SMILES string of the molecule is O=C(Nc1ccc(N2CCN(c3ccccc3)C2=O)nc1)c1ccccc1. The molecule has 134 valence electrons. The predicted octanol–water partition coefficient (Wildman–Crippen LogP) is 3.78. The third kappa shape index (κ3) is 3.50. The molecule has 0 atom stereocenters. The van der Waals surface area contributed by atoms with Gasteiger partial charge in [0.2, 0.25) is 0 Å². The summed E-state index contributed by atoms with van der Waals surface area (Å²) in [6.07, 6.45) is 1.56. The Labute approximate surface area is 157 Å². The highest BCUT2D eigenvalue weighted by molar-refractivity contribution is 6.06. The van der Waals surface area contributed by atoms with Crippen LogP contribution in [0.1, 0.15) is 10.4 Å². The van der Waals surface area contributed by atoms with E-state index in [1.54, 1.807) is 40.3 Å². The van der Waals surface area contributed by atoms with Gasteiger partial charge in [0, 0.05) is 24.3 Å². The lowest BCUT2D eigenvalue weighted by molar-refractivity contribution is 0.102. The molecule has 1 aromatic heterocycles. The van der Waals surface area contributed by atoms with Gasteiger partial charge in [-0.05, 0) is 36.4 Å². The zero-order valence-corrected chi connectivity index (χ0v) is 14.6. The van der Waals surface area contributed by atoms with Crippen LogP contribution in [-0.2, 0) is 0 Å². The summed E-state index contributed by atoms with van der Waals surface area (Å²) < 4.78 is 0. The average molecular weight is 358 g/mol. The first-order chi connectivity index (χ1) is 13.2. The molecule has 1 fully saturated rings. The molecule has 3 amide bonds. The molecule has 27 heavy (non-hydrogen) atoms. The van der Waals surface area contributed by atoms with E-state index < -0.39 is 0 Å². The number of hydrogen-bond acceptors (Lipinski definition) is 3. The summed E-state index contributed by atoms with van der Waals surface area (Å²) in [7, 11) is 0. The van der Waals surface area contributed by atoms with Gasteiger partial charge in [-0.1, -0.05) is 36.4 Å². The van der Waals surface area contributed by atoms with Crippen LogP contribution in [0.3, 0.4) is 0 Å². The number of benzene rings is 2. The number of anilines is 3. The minimum Gasteiger partial charge on any atom is -0.321 e. The number of pyridine rings is 1. The zero-order chi connectivity index (χ0) is 18.6. The number of hydrogen-bond donors (Lipinski definition) is 1. The maximum Gasteiger partial charge on any atom is 0.330 e. The minimum absolute atomic E-state index is 0.102. The number of nitrogens with zero attached hydrogens (tertiary/aromatic N) is 3. The van der Waals surface area contributed by atoms with Crippen LogP contribution in [0.15, 0.2) is 79.0 Å². The zero-order valence-electron chi connectivity index (χ0n) is 14.6. The lowest BCUT2D eigenvalue weighted by Crippen LogP contribution is -2.32. The van der Waals surface area contributed by atoms with Crippen LogP contribution in [0.25, 0.3) is 0 Å². The number of para-hydroxylation sites is 1. The molecular formula is C21H18N4O2. The third-order valence-corrected chi connectivity index (χ3v) is 4.40. The second-order valence-electron chi connectivity index (χ2n) is 6.15. The maximum absolute atomic E-state index is 12.7. The molecule has 2 heterocycles. The molecule has 0 spiro atoms. The summed E-state index contributed by atoms with van der Waals surface area (Å²) in [5.41, 5.74) is 2.03. The molecule has 1 N–H and O–H groups in total.